The van der Waals surface area contributed by atoms with Gasteiger partial charge in [0.05, 0.1) is 11.4 Å². The lowest BCUT2D eigenvalue weighted by molar-refractivity contribution is 0.518. The van der Waals surface area contributed by atoms with E-state index in [-0.39, 0.29) is 11.9 Å². The van der Waals surface area contributed by atoms with Gasteiger partial charge >= 0.3 is 0 Å². The number of nitrogens with zero attached hydrogens (tertiary/aromatic N) is 1. The van der Waals surface area contributed by atoms with Crippen LogP contribution in [0.2, 0.25) is 0 Å². The molecule has 0 bridgehead atoms. The molecule has 3 N–H and O–H groups in total. The number of benzene rings is 1. The number of hydrogen-bond acceptors (Lipinski definition) is 3. The first-order valence-corrected chi connectivity index (χ1v) is 7.97. The number of nitrogens with one attached hydrogen (secondary N) is 1. The Bertz CT molecular complexity index is 617. The normalized spacial score (nSPS) is 18.9. The first-order chi connectivity index (χ1) is 10.8. The van der Waals surface area contributed by atoms with E-state index in [1.165, 1.54) is 31.4 Å². The van der Waals surface area contributed by atoms with Gasteiger partial charge in [0.25, 0.3) is 0 Å². The number of hydrogen-bond donors (Lipinski definition) is 2. The summed E-state index contributed by atoms with van der Waals surface area (Å²) >= 11 is 0. The highest BCUT2D eigenvalue weighted by Crippen LogP contribution is 2.27. The quantitative estimate of drug-likeness (QED) is 0.911. The summed E-state index contributed by atoms with van der Waals surface area (Å²) < 4.78 is 13.1. The van der Waals surface area contributed by atoms with Gasteiger partial charge in [0.1, 0.15) is 5.82 Å². The van der Waals surface area contributed by atoms with Crippen molar-refractivity contribution in [3.63, 3.8) is 0 Å². The number of halogens is 1. The molecule has 0 amide bonds. The minimum atomic E-state index is -0.229. The fourth-order valence-corrected chi connectivity index (χ4v) is 3.02. The summed E-state index contributed by atoms with van der Waals surface area (Å²) in [5.41, 5.74) is 9.83. The fourth-order valence-electron chi connectivity index (χ4n) is 3.02. The van der Waals surface area contributed by atoms with Gasteiger partial charge in [-0.15, -0.1) is 0 Å². The third-order valence-corrected chi connectivity index (χ3v) is 4.26. The zero-order valence-corrected chi connectivity index (χ0v) is 12.7. The minimum absolute atomic E-state index is 0.229. The predicted octanol–water partition coefficient (Wildman–Crippen LogP) is 3.55. The Morgan fingerprint density at radius 1 is 1.09 bits per heavy atom. The topological polar surface area (TPSA) is 50.9 Å². The molecule has 22 heavy (non-hydrogen) atoms. The highest BCUT2D eigenvalue weighted by molar-refractivity contribution is 5.59. The van der Waals surface area contributed by atoms with Gasteiger partial charge in [-0.3, -0.25) is 4.98 Å². The second kappa shape index (κ2) is 6.99. The first kappa shape index (κ1) is 15.1. The molecule has 4 heteroatoms. The van der Waals surface area contributed by atoms with Crippen LogP contribution in [0.1, 0.15) is 43.0 Å². The van der Waals surface area contributed by atoms with Crippen molar-refractivity contribution in [1.82, 2.24) is 10.3 Å². The highest BCUT2D eigenvalue weighted by Gasteiger charge is 2.18. The maximum absolute atomic E-state index is 13.1. The molecule has 0 radical (unpaired) electrons. The van der Waals surface area contributed by atoms with Crippen LogP contribution in [-0.2, 0) is 6.54 Å². The van der Waals surface area contributed by atoms with E-state index in [9.17, 15) is 4.39 Å². The zero-order valence-electron chi connectivity index (χ0n) is 12.7. The molecule has 1 saturated heterocycles. The molecule has 0 spiro atoms. The van der Waals surface area contributed by atoms with Crippen LogP contribution < -0.4 is 11.1 Å². The standard InChI is InChI=1S/C18H22FN3/c19-15-8-5-13(6-9-15)16-10-7-14(12-20)18(22-16)17-4-2-1-3-11-21-17/h5-10,17,21H,1-4,11-12,20H2. The van der Waals surface area contributed by atoms with E-state index in [0.717, 1.165) is 35.5 Å². The molecule has 1 aliphatic heterocycles. The lowest BCUT2D eigenvalue weighted by Crippen LogP contribution is -2.23. The third-order valence-electron chi connectivity index (χ3n) is 4.26. The zero-order chi connectivity index (χ0) is 15.4. The number of rotatable bonds is 3. The second-order valence-corrected chi connectivity index (χ2v) is 5.81. The summed E-state index contributed by atoms with van der Waals surface area (Å²) in [4.78, 5) is 4.84. The molecular weight excluding hydrogens is 277 g/mol. The summed E-state index contributed by atoms with van der Waals surface area (Å²) in [6.07, 6.45) is 4.78. The van der Waals surface area contributed by atoms with Gasteiger partial charge in [0.15, 0.2) is 0 Å². The van der Waals surface area contributed by atoms with Crippen molar-refractivity contribution in [2.45, 2.75) is 38.3 Å². The monoisotopic (exact) mass is 299 g/mol. The average molecular weight is 299 g/mol. The van der Waals surface area contributed by atoms with Crippen molar-refractivity contribution in [3.8, 4) is 11.3 Å². The van der Waals surface area contributed by atoms with Crippen LogP contribution in [0.4, 0.5) is 4.39 Å². The molecule has 3 rings (SSSR count). The van der Waals surface area contributed by atoms with Crippen molar-refractivity contribution < 1.29 is 4.39 Å². The molecule has 1 atom stereocenters. The lowest BCUT2D eigenvalue weighted by atomic mass is 10.0. The van der Waals surface area contributed by atoms with Crippen LogP contribution in [0.15, 0.2) is 36.4 Å². The predicted molar refractivity (Wildman–Crippen MR) is 86.7 cm³/mol. The Morgan fingerprint density at radius 2 is 1.91 bits per heavy atom. The van der Waals surface area contributed by atoms with Crippen molar-refractivity contribution >= 4 is 0 Å². The Labute approximate surface area is 130 Å². The molecule has 0 aliphatic carbocycles. The summed E-state index contributed by atoms with van der Waals surface area (Å²) in [6.45, 7) is 1.52. The molecule has 0 saturated carbocycles. The maximum Gasteiger partial charge on any atom is 0.123 e. The Kier molecular flexibility index (Phi) is 4.80. The number of aromatic nitrogens is 1. The summed E-state index contributed by atoms with van der Waals surface area (Å²) in [5, 5.41) is 3.58. The van der Waals surface area contributed by atoms with E-state index in [0.29, 0.717) is 6.54 Å². The SMILES string of the molecule is NCc1ccc(-c2ccc(F)cc2)nc1C1CCCCCN1. The Balaban J connectivity index is 1.96. The van der Waals surface area contributed by atoms with Gasteiger partial charge in [0.2, 0.25) is 0 Å². The van der Waals surface area contributed by atoms with Crippen molar-refractivity contribution in [3.05, 3.63) is 53.5 Å². The van der Waals surface area contributed by atoms with E-state index >= 15 is 0 Å². The van der Waals surface area contributed by atoms with Crippen molar-refractivity contribution in [2.75, 3.05) is 6.54 Å². The molecule has 116 valence electrons. The van der Waals surface area contributed by atoms with Crippen molar-refractivity contribution in [2.24, 2.45) is 5.73 Å². The summed E-state index contributed by atoms with van der Waals surface area (Å²) in [5.74, 6) is -0.229. The third kappa shape index (κ3) is 3.34. The van der Waals surface area contributed by atoms with Gasteiger partial charge in [-0.25, -0.2) is 4.39 Å². The lowest BCUT2D eigenvalue weighted by Gasteiger charge is -2.19. The van der Waals surface area contributed by atoms with Gasteiger partial charge in [-0.2, -0.15) is 0 Å². The average Bonchev–Trinajstić information content (AvgIpc) is 2.84. The first-order valence-electron chi connectivity index (χ1n) is 7.97. The van der Waals surface area contributed by atoms with Crippen LogP contribution in [0.5, 0.6) is 0 Å². The molecular formula is C18H22FN3. The van der Waals surface area contributed by atoms with Gasteiger partial charge in [-0.1, -0.05) is 18.9 Å². The molecule has 1 aromatic heterocycles. The van der Waals surface area contributed by atoms with Crippen LogP contribution in [-0.4, -0.2) is 11.5 Å². The van der Waals surface area contributed by atoms with Crippen LogP contribution in [0.3, 0.4) is 0 Å². The number of pyridine rings is 1. The summed E-state index contributed by atoms with van der Waals surface area (Å²) in [7, 11) is 0. The largest absolute Gasteiger partial charge is 0.326 e. The van der Waals surface area contributed by atoms with E-state index < -0.39 is 0 Å². The summed E-state index contributed by atoms with van der Waals surface area (Å²) in [6, 6.07) is 10.8. The molecule has 1 fully saturated rings. The van der Waals surface area contributed by atoms with E-state index in [4.69, 9.17) is 10.7 Å². The van der Waals surface area contributed by atoms with Crippen molar-refractivity contribution in [1.29, 1.82) is 0 Å². The molecule has 1 unspecified atom stereocenters. The maximum atomic E-state index is 13.1. The van der Waals surface area contributed by atoms with E-state index in [1.807, 2.05) is 12.1 Å². The molecule has 1 aliphatic rings. The van der Waals surface area contributed by atoms with E-state index in [1.54, 1.807) is 12.1 Å². The molecule has 2 heterocycles. The minimum Gasteiger partial charge on any atom is -0.326 e. The molecule has 3 nitrogen and oxygen atoms in total. The second-order valence-electron chi connectivity index (χ2n) is 5.81. The van der Waals surface area contributed by atoms with Crippen LogP contribution in [0, 0.1) is 5.82 Å². The molecule has 2 aromatic rings. The highest BCUT2D eigenvalue weighted by atomic mass is 19.1. The number of nitrogens with two attached hydrogens (primary N) is 1. The van der Waals surface area contributed by atoms with E-state index in [2.05, 4.69) is 5.32 Å². The fraction of sp³-hybridized carbons (Fsp3) is 0.389. The smallest absolute Gasteiger partial charge is 0.123 e. The van der Waals surface area contributed by atoms with Gasteiger partial charge in [0, 0.05) is 18.2 Å². The van der Waals surface area contributed by atoms with Crippen LogP contribution in [0.25, 0.3) is 11.3 Å². The Morgan fingerprint density at radius 3 is 2.68 bits per heavy atom. The van der Waals surface area contributed by atoms with Gasteiger partial charge < -0.3 is 11.1 Å². The molecule has 1 aromatic carbocycles. The van der Waals surface area contributed by atoms with Gasteiger partial charge in [-0.05, 0) is 55.3 Å². The van der Waals surface area contributed by atoms with Crippen LogP contribution >= 0.6 is 0 Å². The Hall–Kier alpha value is -1.78.